The second kappa shape index (κ2) is 8.42. The highest BCUT2D eigenvalue weighted by atomic mass is 32.2. The Hall–Kier alpha value is -1.96. The number of hydrogen-bond acceptors (Lipinski definition) is 4. The normalized spacial score (nSPS) is 20.7. The number of nitrogens with zero attached hydrogens (tertiary/aromatic N) is 2. The molecule has 4 rings (SSSR count). The van der Waals surface area contributed by atoms with E-state index in [0.717, 1.165) is 23.6 Å². The summed E-state index contributed by atoms with van der Waals surface area (Å²) in [6.07, 6.45) is 4.50. The van der Waals surface area contributed by atoms with Crippen LogP contribution >= 0.6 is 0 Å². The third kappa shape index (κ3) is 4.32. The Balaban J connectivity index is 1.39. The molecule has 0 bridgehead atoms. The number of benzene rings is 2. The molecule has 2 aliphatic rings. The summed E-state index contributed by atoms with van der Waals surface area (Å²) in [5.41, 5.74) is 0. The summed E-state index contributed by atoms with van der Waals surface area (Å²) in [6, 6.07) is 13.1. The number of sulfonamides is 1. The molecule has 0 aromatic heterocycles. The van der Waals surface area contributed by atoms with Gasteiger partial charge in [0.15, 0.2) is 0 Å². The van der Waals surface area contributed by atoms with Crippen LogP contribution < -0.4 is 5.32 Å². The average molecular weight is 416 g/mol. The molecule has 156 valence electrons. The zero-order chi connectivity index (χ0) is 20.4. The summed E-state index contributed by atoms with van der Waals surface area (Å²) >= 11 is 0. The van der Waals surface area contributed by atoms with Gasteiger partial charge in [-0.3, -0.25) is 9.69 Å². The molecule has 1 atom stereocenters. The van der Waals surface area contributed by atoms with Gasteiger partial charge < -0.3 is 5.32 Å². The monoisotopic (exact) mass is 415 g/mol. The maximum atomic E-state index is 13.1. The summed E-state index contributed by atoms with van der Waals surface area (Å²) in [6.45, 7) is 3.84. The minimum Gasteiger partial charge on any atom is -0.352 e. The molecule has 2 fully saturated rings. The van der Waals surface area contributed by atoms with Crippen LogP contribution in [0.25, 0.3) is 10.8 Å². The Kier molecular flexibility index (Phi) is 5.90. The molecule has 1 amide bonds. The summed E-state index contributed by atoms with van der Waals surface area (Å²) < 4.78 is 27.7. The van der Waals surface area contributed by atoms with Crippen molar-refractivity contribution in [3.63, 3.8) is 0 Å². The predicted molar refractivity (Wildman–Crippen MR) is 114 cm³/mol. The van der Waals surface area contributed by atoms with Crippen LogP contribution in [0.3, 0.4) is 0 Å². The van der Waals surface area contributed by atoms with Gasteiger partial charge >= 0.3 is 0 Å². The fourth-order valence-corrected chi connectivity index (χ4v) is 5.82. The number of fused-ring (bicyclic) bond motifs is 1. The summed E-state index contributed by atoms with van der Waals surface area (Å²) in [5.74, 6) is 0.0581. The number of rotatable bonds is 5. The minimum absolute atomic E-state index is 0.0581. The van der Waals surface area contributed by atoms with Gasteiger partial charge in [-0.2, -0.15) is 4.31 Å². The lowest BCUT2D eigenvalue weighted by Gasteiger charge is -2.37. The first-order valence-corrected chi connectivity index (χ1v) is 11.9. The number of carbonyl (C=O) groups excluding carboxylic acids is 1. The van der Waals surface area contributed by atoms with Gasteiger partial charge in [-0.05, 0) is 42.7 Å². The number of carbonyl (C=O) groups is 1. The van der Waals surface area contributed by atoms with Crippen molar-refractivity contribution in [2.45, 2.75) is 49.6 Å². The highest BCUT2D eigenvalue weighted by Crippen LogP contribution is 2.23. The van der Waals surface area contributed by atoms with Crippen LogP contribution in [0.1, 0.15) is 32.6 Å². The van der Waals surface area contributed by atoms with Gasteiger partial charge in [0.05, 0.1) is 10.9 Å². The smallest absolute Gasteiger partial charge is 0.243 e. The van der Waals surface area contributed by atoms with E-state index in [0.29, 0.717) is 37.1 Å². The Morgan fingerprint density at radius 2 is 1.66 bits per heavy atom. The molecular formula is C22H29N3O3S. The van der Waals surface area contributed by atoms with Crippen LogP contribution in [0.4, 0.5) is 0 Å². The van der Waals surface area contributed by atoms with Gasteiger partial charge in [-0.15, -0.1) is 0 Å². The zero-order valence-corrected chi connectivity index (χ0v) is 17.7. The highest BCUT2D eigenvalue weighted by Gasteiger charge is 2.32. The van der Waals surface area contributed by atoms with E-state index in [4.69, 9.17) is 0 Å². The Morgan fingerprint density at radius 1 is 1.00 bits per heavy atom. The van der Waals surface area contributed by atoms with E-state index in [9.17, 15) is 13.2 Å². The van der Waals surface area contributed by atoms with E-state index in [1.807, 2.05) is 37.3 Å². The molecule has 0 unspecified atom stereocenters. The third-order valence-electron chi connectivity index (χ3n) is 6.26. The first kappa shape index (κ1) is 20.3. The number of piperazine rings is 1. The van der Waals surface area contributed by atoms with E-state index in [-0.39, 0.29) is 11.9 Å². The summed E-state index contributed by atoms with van der Waals surface area (Å²) in [5, 5.41) is 5.09. The maximum absolute atomic E-state index is 13.1. The Labute approximate surface area is 172 Å². The Bertz CT molecular complexity index is 978. The molecule has 1 aliphatic carbocycles. The van der Waals surface area contributed by atoms with Gasteiger partial charge in [0.1, 0.15) is 0 Å². The molecule has 1 saturated heterocycles. The molecule has 1 aliphatic heterocycles. The van der Waals surface area contributed by atoms with Crippen LogP contribution in [0.15, 0.2) is 47.4 Å². The van der Waals surface area contributed by atoms with E-state index in [1.165, 1.54) is 17.1 Å². The van der Waals surface area contributed by atoms with Crippen molar-refractivity contribution in [3.8, 4) is 0 Å². The molecule has 1 heterocycles. The molecule has 0 radical (unpaired) electrons. The Morgan fingerprint density at radius 3 is 2.34 bits per heavy atom. The van der Waals surface area contributed by atoms with Crippen LogP contribution in [0.2, 0.25) is 0 Å². The second-order valence-electron chi connectivity index (χ2n) is 8.11. The van der Waals surface area contributed by atoms with Gasteiger partial charge in [0.25, 0.3) is 0 Å². The minimum atomic E-state index is -3.54. The SMILES string of the molecule is C[C@@H](C(=O)NC1CCCC1)N1CCN(S(=O)(=O)c2ccc3ccccc3c2)CC1. The third-order valence-corrected chi connectivity index (χ3v) is 8.16. The number of nitrogens with one attached hydrogen (secondary N) is 1. The van der Waals surface area contributed by atoms with Crippen molar-refractivity contribution >= 4 is 26.7 Å². The van der Waals surface area contributed by atoms with Crippen molar-refractivity contribution in [2.75, 3.05) is 26.2 Å². The fourth-order valence-electron chi connectivity index (χ4n) is 4.37. The van der Waals surface area contributed by atoms with Gasteiger partial charge in [-0.25, -0.2) is 8.42 Å². The lowest BCUT2D eigenvalue weighted by atomic mass is 10.1. The average Bonchev–Trinajstić information content (AvgIpc) is 3.26. The van der Waals surface area contributed by atoms with Crippen molar-refractivity contribution < 1.29 is 13.2 Å². The molecule has 7 heteroatoms. The van der Waals surface area contributed by atoms with Gasteiger partial charge in [0.2, 0.25) is 15.9 Å². The van der Waals surface area contributed by atoms with Gasteiger partial charge in [-0.1, -0.05) is 43.2 Å². The largest absolute Gasteiger partial charge is 0.352 e. The van der Waals surface area contributed by atoms with Crippen LogP contribution in [-0.2, 0) is 14.8 Å². The molecule has 2 aromatic rings. The van der Waals surface area contributed by atoms with E-state index < -0.39 is 10.0 Å². The lowest BCUT2D eigenvalue weighted by Crippen LogP contribution is -2.55. The molecule has 2 aromatic carbocycles. The van der Waals surface area contributed by atoms with Crippen LogP contribution in [0.5, 0.6) is 0 Å². The maximum Gasteiger partial charge on any atom is 0.243 e. The summed E-state index contributed by atoms with van der Waals surface area (Å²) in [4.78, 5) is 14.9. The van der Waals surface area contributed by atoms with Gasteiger partial charge in [0, 0.05) is 32.2 Å². The second-order valence-corrected chi connectivity index (χ2v) is 10.1. The van der Waals surface area contributed by atoms with Crippen molar-refractivity contribution in [3.05, 3.63) is 42.5 Å². The molecule has 6 nitrogen and oxygen atoms in total. The quantitative estimate of drug-likeness (QED) is 0.815. The van der Waals surface area contributed by atoms with E-state index in [2.05, 4.69) is 10.2 Å². The van der Waals surface area contributed by atoms with Crippen molar-refractivity contribution in [1.29, 1.82) is 0 Å². The number of amides is 1. The van der Waals surface area contributed by atoms with Crippen molar-refractivity contribution in [2.24, 2.45) is 0 Å². The highest BCUT2D eigenvalue weighted by molar-refractivity contribution is 7.89. The molecule has 29 heavy (non-hydrogen) atoms. The first-order chi connectivity index (χ1) is 13.9. The zero-order valence-electron chi connectivity index (χ0n) is 16.9. The fraction of sp³-hybridized carbons (Fsp3) is 0.500. The molecule has 0 spiro atoms. The van der Waals surface area contributed by atoms with Crippen LogP contribution in [0, 0.1) is 0 Å². The molecule has 1 N–H and O–H groups in total. The predicted octanol–water partition coefficient (Wildman–Crippen LogP) is 2.59. The summed E-state index contributed by atoms with van der Waals surface area (Å²) in [7, 11) is -3.54. The first-order valence-electron chi connectivity index (χ1n) is 10.5. The van der Waals surface area contributed by atoms with E-state index in [1.54, 1.807) is 12.1 Å². The standard InChI is InChI=1S/C22H29N3O3S/c1-17(22(26)23-20-8-4-5-9-20)24-12-14-25(15-13-24)29(27,28)21-11-10-18-6-2-3-7-19(18)16-21/h2-3,6-7,10-11,16-17,20H,4-5,8-9,12-15H2,1H3,(H,23,26)/t17-/m0/s1. The lowest BCUT2D eigenvalue weighted by molar-refractivity contribution is -0.127. The number of hydrogen-bond donors (Lipinski definition) is 1. The van der Waals surface area contributed by atoms with Crippen LogP contribution in [-0.4, -0.2) is 61.8 Å². The van der Waals surface area contributed by atoms with E-state index >= 15 is 0 Å². The topological polar surface area (TPSA) is 69.7 Å². The molecular weight excluding hydrogens is 386 g/mol. The molecule has 1 saturated carbocycles. The van der Waals surface area contributed by atoms with Crippen molar-refractivity contribution in [1.82, 2.24) is 14.5 Å².